The third-order valence-corrected chi connectivity index (χ3v) is 5.75. The Balaban J connectivity index is 1.77. The predicted octanol–water partition coefficient (Wildman–Crippen LogP) is 2.39. The van der Waals surface area contributed by atoms with E-state index in [1.165, 1.54) is 11.0 Å². The van der Waals surface area contributed by atoms with Crippen LogP contribution in [-0.4, -0.2) is 61.0 Å². The Morgan fingerprint density at radius 2 is 2.11 bits per heavy atom. The van der Waals surface area contributed by atoms with E-state index in [2.05, 4.69) is 22.5 Å². The van der Waals surface area contributed by atoms with Crippen LogP contribution in [0.1, 0.15) is 31.4 Å². The summed E-state index contributed by atoms with van der Waals surface area (Å²) < 4.78 is 13.6. The lowest BCUT2D eigenvalue weighted by Crippen LogP contribution is -2.54. The second-order valence-electron chi connectivity index (χ2n) is 7.14. The zero-order valence-corrected chi connectivity index (χ0v) is 16.3. The van der Waals surface area contributed by atoms with E-state index in [1.807, 2.05) is 0 Å². The number of piperazine rings is 1. The molecule has 2 aliphatic heterocycles. The highest BCUT2D eigenvalue weighted by molar-refractivity contribution is 6.30. The van der Waals surface area contributed by atoms with E-state index in [9.17, 15) is 14.0 Å². The lowest BCUT2D eigenvalue weighted by Gasteiger charge is -2.37. The Labute approximate surface area is 164 Å². The van der Waals surface area contributed by atoms with Gasteiger partial charge in [0, 0.05) is 13.1 Å². The highest BCUT2D eigenvalue weighted by atomic mass is 35.5. The van der Waals surface area contributed by atoms with Gasteiger partial charge in [0.2, 0.25) is 5.91 Å². The molecular weight excluding hydrogens is 371 g/mol. The van der Waals surface area contributed by atoms with Gasteiger partial charge in [-0.1, -0.05) is 24.6 Å². The molecule has 1 aromatic carbocycles. The summed E-state index contributed by atoms with van der Waals surface area (Å²) in [5, 5.41) is 5.85. The standard InChI is InChI=1S/C19H26ClFN4O2/c1-2-24-8-5-13(6-9-24)18(14-3-4-16(21)15(20)11-14)23-19(27)25-10-7-22-17(26)12-25/h3-4,11,13,18H,2,5-10,12H2,1H3,(H,22,26)(H,23,27). The number of benzene rings is 1. The molecule has 3 amide bonds. The van der Waals surface area contributed by atoms with Gasteiger partial charge in [0.25, 0.3) is 0 Å². The number of carbonyl (C=O) groups excluding carboxylic acids is 2. The molecule has 2 saturated heterocycles. The van der Waals surface area contributed by atoms with Crippen molar-refractivity contribution in [1.29, 1.82) is 0 Å². The maximum Gasteiger partial charge on any atom is 0.318 e. The molecule has 1 unspecified atom stereocenters. The van der Waals surface area contributed by atoms with Crippen LogP contribution in [0.15, 0.2) is 18.2 Å². The molecule has 1 aromatic rings. The van der Waals surface area contributed by atoms with Crippen molar-refractivity contribution >= 4 is 23.5 Å². The number of hydrogen-bond donors (Lipinski definition) is 2. The molecule has 0 aromatic heterocycles. The molecule has 27 heavy (non-hydrogen) atoms. The maximum absolute atomic E-state index is 13.6. The first-order chi connectivity index (χ1) is 13.0. The fourth-order valence-electron chi connectivity index (χ4n) is 3.82. The first-order valence-electron chi connectivity index (χ1n) is 9.47. The van der Waals surface area contributed by atoms with Crippen LogP contribution in [-0.2, 0) is 4.79 Å². The minimum absolute atomic E-state index is 0.0510. The average Bonchev–Trinajstić information content (AvgIpc) is 2.68. The summed E-state index contributed by atoms with van der Waals surface area (Å²) >= 11 is 5.99. The topological polar surface area (TPSA) is 64.7 Å². The fourth-order valence-corrected chi connectivity index (χ4v) is 4.01. The minimum atomic E-state index is -0.473. The molecule has 8 heteroatoms. The largest absolute Gasteiger partial charge is 0.353 e. The van der Waals surface area contributed by atoms with Crippen molar-refractivity contribution in [1.82, 2.24) is 20.4 Å². The number of halogens is 2. The molecule has 2 aliphatic rings. The van der Waals surface area contributed by atoms with Crippen molar-refractivity contribution in [3.63, 3.8) is 0 Å². The lowest BCUT2D eigenvalue weighted by molar-refractivity contribution is -0.123. The Bertz CT molecular complexity index is 694. The third-order valence-electron chi connectivity index (χ3n) is 5.46. The number of likely N-dealkylation sites (tertiary alicyclic amines) is 1. The molecule has 6 nitrogen and oxygen atoms in total. The van der Waals surface area contributed by atoms with Gasteiger partial charge in [-0.15, -0.1) is 0 Å². The van der Waals surface area contributed by atoms with Crippen LogP contribution >= 0.6 is 11.6 Å². The number of hydrogen-bond acceptors (Lipinski definition) is 3. The van der Waals surface area contributed by atoms with Crippen molar-refractivity contribution in [2.24, 2.45) is 5.92 Å². The van der Waals surface area contributed by atoms with Gasteiger partial charge in [-0.05, 0) is 56.1 Å². The Morgan fingerprint density at radius 1 is 1.37 bits per heavy atom. The van der Waals surface area contributed by atoms with Gasteiger partial charge < -0.3 is 20.4 Å². The first kappa shape index (κ1) is 19.9. The molecular formula is C19H26ClFN4O2. The molecule has 0 spiro atoms. The number of piperidine rings is 1. The van der Waals surface area contributed by atoms with E-state index in [1.54, 1.807) is 12.1 Å². The number of nitrogens with one attached hydrogen (secondary N) is 2. The molecule has 2 heterocycles. The summed E-state index contributed by atoms with van der Waals surface area (Å²) in [6.45, 7) is 6.06. The van der Waals surface area contributed by atoms with Crippen molar-refractivity contribution in [3.8, 4) is 0 Å². The van der Waals surface area contributed by atoms with Crippen molar-refractivity contribution in [3.05, 3.63) is 34.6 Å². The molecule has 2 fully saturated rings. The highest BCUT2D eigenvalue weighted by Gasteiger charge is 2.31. The van der Waals surface area contributed by atoms with Crippen LogP contribution in [0.2, 0.25) is 5.02 Å². The normalized spacial score (nSPS) is 20.3. The van der Waals surface area contributed by atoms with Gasteiger partial charge in [0.1, 0.15) is 12.4 Å². The van der Waals surface area contributed by atoms with Gasteiger partial charge in [-0.25, -0.2) is 9.18 Å². The zero-order chi connectivity index (χ0) is 19.4. The third kappa shape index (κ3) is 4.90. The highest BCUT2D eigenvalue weighted by Crippen LogP contribution is 2.32. The van der Waals surface area contributed by atoms with E-state index in [4.69, 9.17) is 11.6 Å². The number of carbonyl (C=O) groups is 2. The van der Waals surface area contributed by atoms with Crippen molar-refractivity contribution in [2.75, 3.05) is 39.3 Å². The second-order valence-corrected chi connectivity index (χ2v) is 7.55. The van der Waals surface area contributed by atoms with Crippen LogP contribution in [0.3, 0.4) is 0 Å². The zero-order valence-electron chi connectivity index (χ0n) is 15.5. The Morgan fingerprint density at radius 3 is 2.74 bits per heavy atom. The summed E-state index contributed by atoms with van der Waals surface area (Å²) in [4.78, 5) is 28.2. The molecule has 0 radical (unpaired) electrons. The number of rotatable bonds is 4. The van der Waals surface area contributed by atoms with Gasteiger partial charge >= 0.3 is 6.03 Å². The molecule has 0 bridgehead atoms. The van der Waals surface area contributed by atoms with Crippen LogP contribution < -0.4 is 10.6 Å². The van der Waals surface area contributed by atoms with Gasteiger partial charge in [0.05, 0.1) is 11.1 Å². The van der Waals surface area contributed by atoms with Crippen LogP contribution in [0.25, 0.3) is 0 Å². The van der Waals surface area contributed by atoms with Crippen LogP contribution in [0.5, 0.6) is 0 Å². The number of amides is 3. The predicted molar refractivity (Wildman–Crippen MR) is 102 cm³/mol. The van der Waals surface area contributed by atoms with Gasteiger partial charge in [0.15, 0.2) is 0 Å². The molecule has 1 atom stereocenters. The molecule has 148 valence electrons. The molecule has 0 aliphatic carbocycles. The molecule has 3 rings (SSSR count). The Hall–Kier alpha value is -1.86. The van der Waals surface area contributed by atoms with Crippen LogP contribution in [0, 0.1) is 11.7 Å². The van der Waals surface area contributed by atoms with E-state index >= 15 is 0 Å². The lowest BCUT2D eigenvalue weighted by atomic mass is 9.85. The van der Waals surface area contributed by atoms with Crippen molar-refractivity contribution in [2.45, 2.75) is 25.8 Å². The number of urea groups is 1. The summed E-state index contributed by atoms with van der Waals surface area (Å²) in [5.74, 6) is -0.398. The summed E-state index contributed by atoms with van der Waals surface area (Å²) in [6.07, 6.45) is 1.88. The van der Waals surface area contributed by atoms with E-state index < -0.39 is 5.82 Å². The van der Waals surface area contributed by atoms with Gasteiger partial charge in [-0.2, -0.15) is 0 Å². The minimum Gasteiger partial charge on any atom is -0.353 e. The molecule has 0 saturated carbocycles. The summed E-state index contributed by atoms with van der Waals surface area (Å²) in [5.41, 5.74) is 0.797. The van der Waals surface area contributed by atoms with E-state index in [0.717, 1.165) is 38.0 Å². The second kappa shape index (κ2) is 8.89. The van der Waals surface area contributed by atoms with E-state index in [-0.39, 0.29) is 35.5 Å². The van der Waals surface area contributed by atoms with E-state index in [0.29, 0.717) is 13.1 Å². The molecule has 2 N–H and O–H groups in total. The average molecular weight is 397 g/mol. The summed E-state index contributed by atoms with van der Waals surface area (Å²) in [7, 11) is 0. The number of nitrogens with zero attached hydrogens (tertiary/aromatic N) is 2. The fraction of sp³-hybridized carbons (Fsp3) is 0.579. The Kier molecular flexibility index (Phi) is 6.55. The van der Waals surface area contributed by atoms with Crippen molar-refractivity contribution < 1.29 is 14.0 Å². The van der Waals surface area contributed by atoms with Crippen LogP contribution in [0.4, 0.5) is 9.18 Å². The first-order valence-corrected chi connectivity index (χ1v) is 9.85. The monoisotopic (exact) mass is 396 g/mol. The SMILES string of the molecule is CCN1CCC(C(NC(=O)N2CCNC(=O)C2)c2ccc(F)c(Cl)c2)CC1. The smallest absolute Gasteiger partial charge is 0.318 e. The maximum atomic E-state index is 13.6. The van der Waals surface area contributed by atoms with Gasteiger partial charge in [-0.3, -0.25) is 4.79 Å². The quantitative estimate of drug-likeness (QED) is 0.821. The summed E-state index contributed by atoms with van der Waals surface area (Å²) in [6, 6.07) is 4.08.